The van der Waals surface area contributed by atoms with Crippen molar-refractivity contribution < 1.29 is 14.3 Å². The van der Waals surface area contributed by atoms with E-state index in [1.54, 1.807) is 6.20 Å². The molecule has 1 aliphatic rings. The number of aryl methyl sites for hydroxylation is 1. The molecule has 2 aromatic rings. The molecule has 3 rings (SSSR count). The third-order valence-corrected chi connectivity index (χ3v) is 5.33. The maximum absolute atomic E-state index is 13.1. The molecule has 0 aliphatic carbocycles. The number of imidazole rings is 1. The van der Waals surface area contributed by atoms with E-state index in [1.807, 2.05) is 48.4 Å². The van der Waals surface area contributed by atoms with E-state index in [9.17, 15) is 9.59 Å². The molecule has 2 unspecified atom stereocenters. The Morgan fingerprint density at radius 2 is 1.83 bits per heavy atom. The largest absolute Gasteiger partial charge is 0.378 e. The first kappa shape index (κ1) is 21.8. The molecule has 8 nitrogen and oxygen atoms in total. The molecule has 1 aromatic carbocycles. The second kappa shape index (κ2) is 10.8. The highest BCUT2D eigenvalue weighted by molar-refractivity contribution is 5.85. The number of benzene rings is 1. The van der Waals surface area contributed by atoms with Gasteiger partial charge < -0.3 is 24.8 Å². The van der Waals surface area contributed by atoms with Gasteiger partial charge in [-0.1, -0.05) is 37.3 Å². The molecular formula is C22H31N5O3. The van der Waals surface area contributed by atoms with Gasteiger partial charge in [-0.2, -0.15) is 0 Å². The van der Waals surface area contributed by atoms with Gasteiger partial charge in [0.25, 0.3) is 0 Å². The fourth-order valence-electron chi connectivity index (χ4n) is 3.56. The van der Waals surface area contributed by atoms with Crippen LogP contribution in [0.1, 0.15) is 24.2 Å². The summed E-state index contributed by atoms with van der Waals surface area (Å²) in [5.74, 6) is 0.817. The van der Waals surface area contributed by atoms with Crippen molar-refractivity contribution in [3.8, 4) is 0 Å². The highest BCUT2D eigenvalue weighted by atomic mass is 16.5. The van der Waals surface area contributed by atoms with Crippen molar-refractivity contribution in [2.45, 2.75) is 26.3 Å². The summed E-state index contributed by atoms with van der Waals surface area (Å²) in [5, 5.41) is 5.79. The maximum Gasteiger partial charge on any atom is 0.314 e. The topological polar surface area (TPSA) is 88.5 Å². The van der Waals surface area contributed by atoms with Crippen LogP contribution in [-0.2, 0) is 16.1 Å². The minimum absolute atomic E-state index is 0.0220. The summed E-state index contributed by atoms with van der Waals surface area (Å²) in [4.78, 5) is 31.5. The molecule has 8 heteroatoms. The highest BCUT2D eigenvalue weighted by Crippen LogP contribution is 2.18. The number of urea groups is 1. The lowest BCUT2D eigenvalue weighted by Crippen LogP contribution is -2.47. The Balaban J connectivity index is 1.52. The molecule has 1 saturated heterocycles. The third kappa shape index (κ3) is 6.06. The molecule has 0 spiro atoms. The lowest BCUT2D eigenvalue weighted by molar-refractivity contribution is -0.136. The Kier molecular flexibility index (Phi) is 7.84. The highest BCUT2D eigenvalue weighted by Gasteiger charge is 2.27. The summed E-state index contributed by atoms with van der Waals surface area (Å²) in [6, 6.07) is 9.34. The summed E-state index contributed by atoms with van der Waals surface area (Å²) < 4.78 is 7.42. The van der Waals surface area contributed by atoms with Crippen LogP contribution in [-0.4, -0.2) is 65.8 Å². The van der Waals surface area contributed by atoms with Crippen LogP contribution in [0.25, 0.3) is 0 Å². The maximum atomic E-state index is 13.1. The van der Waals surface area contributed by atoms with Crippen molar-refractivity contribution in [2.75, 3.05) is 39.4 Å². The quantitative estimate of drug-likeness (QED) is 0.690. The number of aromatic nitrogens is 2. The first-order chi connectivity index (χ1) is 14.5. The van der Waals surface area contributed by atoms with Gasteiger partial charge in [-0.15, -0.1) is 0 Å². The smallest absolute Gasteiger partial charge is 0.314 e. The number of nitrogens with one attached hydrogen (secondary N) is 2. The van der Waals surface area contributed by atoms with E-state index in [0.29, 0.717) is 32.8 Å². The second-order valence-electron chi connectivity index (χ2n) is 7.72. The van der Waals surface area contributed by atoms with E-state index in [1.165, 1.54) is 0 Å². The van der Waals surface area contributed by atoms with Gasteiger partial charge in [0.05, 0.1) is 19.1 Å². The summed E-state index contributed by atoms with van der Waals surface area (Å²) >= 11 is 0. The Bertz CT molecular complexity index is 817. The zero-order valence-corrected chi connectivity index (χ0v) is 17.7. The molecule has 2 N–H and O–H groups in total. The first-order valence-corrected chi connectivity index (χ1v) is 10.5. The zero-order valence-electron chi connectivity index (χ0n) is 17.7. The van der Waals surface area contributed by atoms with E-state index in [4.69, 9.17) is 4.74 Å². The molecule has 0 saturated carbocycles. The minimum atomic E-state index is -0.416. The van der Waals surface area contributed by atoms with E-state index in [0.717, 1.165) is 17.9 Å². The van der Waals surface area contributed by atoms with Crippen molar-refractivity contribution in [1.82, 2.24) is 25.1 Å². The lowest BCUT2D eigenvalue weighted by Gasteiger charge is -2.30. The number of amides is 3. The first-order valence-electron chi connectivity index (χ1n) is 10.5. The number of morpholine rings is 1. The normalized spacial score (nSPS) is 16.0. The molecule has 1 aliphatic heterocycles. The molecule has 2 heterocycles. The van der Waals surface area contributed by atoms with Crippen molar-refractivity contribution >= 4 is 11.9 Å². The number of nitrogens with zero attached hydrogens (tertiary/aromatic N) is 3. The van der Waals surface area contributed by atoms with E-state index >= 15 is 0 Å². The SMILES string of the molecule is Cc1nccn1CC(C)CNC(=O)NCC(C(=O)N1CCOCC1)c1ccccc1. The van der Waals surface area contributed by atoms with Gasteiger partial charge in [-0.3, -0.25) is 4.79 Å². The van der Waals surface area contributed by atoms with Gasteiger partial charge in [0.2, 0.25) is 5.91 Å². The lowest BCUT2D eigenvalue weighted by atomic mass is 9.97. The molecule has 2 atom stereocenters. The molecule has 0 radical (unpaired) electrons. The van der Waals surface area contributed by atoms with Crippen LogP contribution in [0.2, 0.25) is 0 Å². The van der Waals surface area contributed by atoms with E-state index in [2.05, 4.69) is 27.1 Å². The Morgan fingerprint density at radius 3 is 2.50 bits per heavy atom. The van der Waals surface area contributed by atoms with Gasteiger partial charge in [-0.25, -0.2) is 9.78 Å². The average molecular weight is 414 g/mol. The van der Waals surface area contributed by atoms with Crippen LogP contribution in [0.3, 0.4) is 0 Å². The standard InChI is InChI=1S/C22H31N5O3/c1-17(16-27-9-8-23-18(27)2)14-24-22(29)25-15-20(19-6-4-3-5-7-19)21(28)26-10-12-30-13-11-26/h3-9,17,20H,10-16H2,1-2H3,(H2,24,25,29). The van der Waals surface area contributed by atoms with Crippen LogP contribution in [0, 0.1) is 12.8 Å². The van der Waals surface area contributed by atoms with Crippen LogP contribution in [0.5, 0.6) is 0 Å². The minimum Gasteiger partial charge on any atom is -0.378 e. The Labute approximate surface area is 177 Å². The molecule has 30 heavy (non-hydrogen) atoms. The fourth-order valence-corrected chi connectivity index (χ4v) is 3.56. The fraction of sp³-hybridized carbons (Fsp3) is 0.500. The predicted molar refractivity (Wildman–Crippen MR) is 114 cm³/mol. The Morgan fingerprint density at radius 1 is 1.13 bits per heavy atom. The predicted octanol–water partition coefficient (Wildman–Crippen LogP) is 1.77. The monoisotopic (exact) mass is 413 g/mol. The number of carbonyl (C=O) groups excluding carboxylic acids is 2. The summed E-state index contributed by atoms with van der Waals surface area (Å²) in [7, 11) is 0. The van der Waals surface area contributed by atoms with Gasteiger partial charge in [0.15, 0.2) is 0 Å². The summed E-state index contributed by atoms with van der Waals surface area (Å²) in [6.07, 6.45) is 3.71. The van der Waals surface area contributed by atoms with Crippen LogP contribution in [0.4, 0.5) is 4.79 Å². The number of hydrogen-bond acceptors (Lipinski definition) is 4. The summed E-state index contributed by atoms with van der Waals surface area (Å²) in [6.45, 7) is 7.88. The second-order valence-corrected chi connectivity index (χ2v) is 7.72. The number of carbonyl (C=O) groups is 2. The number of rotatable bonds is 8. The zero-order chi connectivity index (χ0) is 21.3. The van der Waals surface area contributed by atoms with Crippen molar-refractivity contribution in [2.24, 2.45) is 5.92 Å². The third-order valence-electron chi connectivity index (χ3n) is 5.33. The van der Waals surface area contributed by atoms with Gasteiger partial charge in [0.1, 0.15) is 5.82 Å². The average Bonchev–Trinajstić information content (AvgIpc) is 3.18. The van der Waals surface area contributed by atoms with Crippen molar-refractivity contribution in [3.05, 3.63) is 54.1 Å². The van der Waals surface area contributed by atoms with Gasteiger partial charge >= 0.3 is 6.03 Å². The number of hydrogen-bond donors (Lipinski definition) is 2. The molecule has 1 aromatic heterocycles. The van der Waals surface area contributed by atoms with E-state index < -0.39 is 5.92 Å². The molecule has 0 bridgehead atoms. The van der Waals surface area contributed by atoms with Crippen molar-refractivity contribution in [3.63, 3.8) is 0 Å². The van der Waals surface area contributed by atoms with E-state index in [-0.39, 0.29) is 24.4 Å². The van der Waals surface area contributed by atoms with Crippen LogP contribution in [0.15, 0.2) is 42.7 Å². The van der Waals surface area contributed by atoms with Crippen LogP contribution < -0.4 is 10.6 Å². The summed E-state index contributed by atoms with van der Waals surface area (Å²) in [5.41, 5.74) is 0.901. The van der Waals surface area contributed by atoms with Gasteiger partial charge in [-0.05, 0) is 18.4 Å². The molecule has 162 valence electrons. The molecular weight excluding hydrogens is 382 g/mol. The van der Waals surface area contributed by atoms with Crippen molar-refractivity contribution in [1.29, 1.82) is 0 Å². The molecule has 1 fully saturated rings. The van der Waals surface area contributed by atoms with Crippen LogP contribution >= 0.6 is 0 Å². The number of ether oxygens (including phenoxy) is 1. The van der Waals surface area contributed by atoms with Gasteiger partial charge in [0, 0.05) is 45.1 Å². The molecule has 3 amide bonds. The Hall–Kier alpha value is -2.87.